The van der Waals surface area contributed by atoms with Crippen LogP contribution in [-0.4, -0.2) is 22.1 Å². The Hall–Kier alpha value is -0.930. The average molecular weight is 290 g/mol. The highest BCUT2D eigenvalue weighted by atomic mass is 32.2. The largest absolute Gasteiger partial charge is 0.347 e. The number of thioether (sulfide) groups is 1. The van der Waals surface area contributed by atoms with Gasteiger partial charge in [0.1, 0.15) is 0 Å². The molecule has 2 nitrogen and oxygen atoms in total. The van der Waals surface area contributed by atoms with E-state index in [1.54, 1.807) is 0 Å². The quantitative estimate of drug-likeness (QED) is 0.731. The molecule has 0 aliphatic carbocycles. The fourth-order valence-corrected chi connectivity index (χ4v) is 2.98. The van der Waals surface area contributed by atoms with E-state index in [4.69, 9.17) is 0 Å². The monoisotopic (exact) mass is 290 g/mol. The molecule has 0 saturated heterocycles. The number of nitrogens with zero attached hydrogens (tertiary/aromatic N) is 1. The second kappa shape index (κ2) is 7.75. The molecule has 0 aliphatic heterocycles. The van der Waals surface area contributed by atoms with Gasteiger partial charge in [0.05, 0.1) is 0 Å². The lowest BCUT2D eigenvalue weighted by atomic mass is 10.1. The fraction of sp³-hybridized carbons (Fsp3) is 0.529. The first-order valence-electron chi connectivity index (χ1n) is 7.59. The minimum atomic E-state index is 0.534. The topological polar surface area (TPSA) is 17.0 Å². The van der Waals surface area contributed by atoms with Crippen molar-refractivity contribution in [2.75, 3.05) is 11.5 Å². The van der Waals surface area contributed by atoms with Crippen molar-refractivity contribution < 1.29 is 0 Å². The van der Waals surface area contributed by atoms with Crippen molar-refractivity contribution in [3.8, 4) is 0 Å². The average Bonchev–Trinajstić information content (AvgIpc) is 2.84. The van der Waals surface area contributed by atoms with Crippen molar-refractivity contribution in [3.63, 3.8) is 0 Å². The highest BCUT2D eigenvalue weighted by Gasteiger charge is 2.03. The molecule has 20 heavy (non-hydrogen) atoms. The normalized spacial score (nSPS) is 11.6. The fourth-order valence-electron chi connectivity index (χ4n) is 2.36. The Morgan fingerprint density at radius 3 is 2.85 bits per heavy atom. The summed E-state index contributed by atoms with van der Waals surface area (Å²) in [6.45, 7) is 8.67. The summed E-state index contributed by atoms with van der Waals surface area (Å²) in [5, 5.41) is 4.83. The first-order chi connectivity index (χ1) is 9.70. The molecule has 110 valence electrons. The van der Waals surface area contributed by atoms with Gasteiger partial charge in [-0.1, -0.05) is 26.8 Å². The summed E-state index contributed by atoms with van der Waals surface area (Å²) < 4.78 is 2.38. The minimum absolute atomic E-state index is 0.534. The molecule has 2 aromatic rings. The summed E-state index contributed by atoms with van der Waals surface area (Å²) in [5.41, 5.74) is 2.73. The maximum absolute atomic E-state index is 3.47. The van der Waals surface area contributed by atoms with E-state index in [9.17, 15) is 0 Å². The van der Waals surface area contributed by atoms with Crippen molar-refractivity contribution >= 4 is 22.7 Å². The highest BCUT2D eigenvalue weighted by molar-refractivity contribution is 7.99. The molecule has 3 heteroatoms. The summed E-state index contributed by atoms with van der Waals surface area (Å²) in [6.07, 6.45) is 3.47. The molecule has 0 radical (unpaired) electrons. The number of fused-ring (bicyclic) bond motifs is 1. The number of benzene rings is 1. The van der Waals surface area contributed by atoms with Gasteiger partial charge in [0, 0.05) is 30.8 Å². The Morgan fingerprint density at radius 1 is 1.25 bits per heavy atom. The molecule has 0 bridgehead atoms. The molecule has 1 aromatic heterocycles. The number of hydrogen-bond acceptors (Lipinski definition) is 2. The third kappa shape index (κ3) is 4.29. The maximum atomic E-state index is 3.47. The lowest BCUT2D eigenvalue weighted by Gasteiger charge is -2.09. The van der Waals surface area contributed by atoms with E-state index >= 15 is 0 Å². The SMILES string of the molecule is CCSCCCn1ccc2cc(CNC(C)C)ccc21. The van der Waals surface area contributed by atoms with E-state index < -0.39 is 0 Å². The summed E-state index contributed by atoms with van der Waals surface area (Å²) in [7, 11) is 0. The standard InChI is InChI=1S/C17H26N2S/c1-4-20-11-5-9-19-10-8-16-12-15(6-7-17(16)19)13-18-14(2)3/h6-8,10,12,14,18H,4-5,9,11,13H2,1-3H3. The zero-order chi connectivity index (χ0) is 14.4. The molecule has 0 atom stereocenters. The van der Waals surface area contributed by atoms with Crippen LogP contribution in [0.2, 0.25) is 0 Å². The van der Waals surface area contributed by atoms with Crippen molar-refractivity contribution in [2.45, 2.75) is 46.3 Å². The maximum Gasteiger partial charge on any atom is 0.0480 e. The van der Waals surface area contributed by atoms with Gasteiger partial charge in [-0.25, -0.2) is 0 Å². The van der Waals surface area contributed by atoms with Crippen molar-refractivity contribution in [1.29, 1.82) is 0 Å². The number of hydrogen-bond donors (Lipinski definition) is 1. The Balaban J connectivity index is 2.00. The molecule has 0 fully saturated rings. The van der Waals surface area contributed by atoms with Crippen molar-refractivity contribution in [2.24, 2.45) is 0 Å². The van der Waals surface area contributed by atoms with Crippen LogP contribution in [0.4, 0.5) is 0 Å². The zero-order valence-corrected chi connectivity index (χ0v) is 13.7. The van der Waals surface area contributed by atoms with Gasteiger partial charge >= 0.3 is 0 Å². The van der Waals surface area contributed by atoms with Crippen LogP contribution in [0.3, 0.4) is 0 Å². The Morgan fingerprint density at radius 2 is 2.10 bits per heavy atom. The van der Waals surface area contributed by atoms with Gasteiger partial charge in [0.2, 0.25) is 0 Å². The second-order valence-electron chi connectivity index (χ2n) is 5.49. The van der Waals surface area contributed by atoms with Gasteiger partial charge in [-0.15, -0.1) is 0 Å². The van der Waals surface area contributed by atoms with E-state index in [1.807, 2.05) is 11.8 Å². The van der Waals surface area contributed by atoms with Gasteiger partial charge in [-0.05, 0) is 47.1 Å². The predicted octanol–water partition coefficient (Wildman–Crippen LogP) is 4.28. The molecule has 1 heterocycles. The minimum Gasteiger partial charge on any atom is -0.347 e. The number of aryl methyl sites for hydroxylation is 1. The number of nitrogens with one attached hydrogen (secondary N) is 1. The lowest BCUT2D eigenvalue weighted by molar-refractivity contribution is 0.589. The van der Waals surface area contributed by atoms with Crippen LogP contribution < -0.4 is 5.32 Å². The third-order valence-corrected chi connectivity index (χ3v) is 4.43. The van der Waals surface area contributed by atoms with Gasteiger partial charge in [-0.2, -0.15) is 11.8 Å². The van der Waals surface area contributed by atoms with E-state index in [1.165, 1.54) is 34.4 Å². The van der Waals surface area contributed by atoms with Gasteiger partial charge in [-0.3, -0.25) is 0 Å². The van der Waals surface area contributed by atoms with Crippen LogP contribution in [0, 0.1) is 0 Å². The molecule has 0 spiro atoms. The molecular formula is C17H26N2S. The Labute approximate surface area is 126 Å². The molecular weight excluding hydrogens is 264 g/mol. The molecule has 0 amide bonds. The third-order valence-electron chi connectivity index (χ3n) is 3.44. The summed E-state index contributed by atoms with van der Waals surface area (Å²) in [4.78, 5) is 0. The summed E-state index contributed by atoms with van der Waals surface area (Å²) in [5.74, 6) is 2.48. The molecule has 1 aromatic carbocycles. The van der Waals surface area contributed by atoms with Gasteiger partial charge in [0.25, 0.3) is 0 Å². The second-order valence-corrected chi connectivity index (χ2v) is 6.88. The smallest absolute Gasteiger partial charge is 0.0480 e. The predicted molar refractivity (Wildman–Crippen MR) is 91.5 cm³/mol. The molecule has 2 rings (SSSR count). The summed E-state index contributed by atoms with van der Waals surface area (Å²) >= 11 is 2.03. The van der Waals surface area contributed by atoms with E-state index in [0.29, 0.717) is 6.04 Å². The Kier molecular flexibility index (Phi) is 5.99. The van der Waals surface area contributed by atoms with Crippen LogP contribution in [0.25, 0.3) is 10.9 Å². The Bertz CT molecular complexity index is 531. The van der Waals surface area contributed by atoms with Crippen molar-refractivity contribution in [3.05, 3.63) is 36.0 Å². The van der Waals surface area contributed by atoms with Crippen LogP contribution in [0.1, 0.15) is 32.8 Å². The zero-order valence-electron chi connectivity index (χ0n) is 12.9. The van der Waals surface area contributed by atoms with Crippen LogP contribution >= 0.6 is 11.8 Å². The number of rotatable bonds is 8. The van der Waals surface area contributed by atoms with Crippen molar-refractivity contribution in [1.82, 2.24) is 9.88 Å². The molecule has 0 saturated carbocycles. The van der Waals surface area contributed by atoms with Gasteiger partial charge < -0.3 is 9.88 Å². The first kappa shape index (κ1) is 15.5. The van der Waals surface area contributed by atoms with Crippen LogP contribution in [0.5, 0.6) is 0 Å². The van der Waals surface area contributed by atoms with E-state index in [2.05, 4.69) is 61.1 Å². The van der Waals surface area contributed by atoms with Crippen LogP contribution in [-0.2, 0) is 13.1 Å². The first-order valence-corrected chi connectivity index (χ1v) is 8.75. The molecule has 0 unspecified atom stereocenters. The lowest BCUT2D eigenvalue weighted by Crippen LogP contribution is -2.21. The van der Waals surface area contributed by atoms with E-state index in [-0.39, 0.29) is 0 Å². The van der Waals surface area contributed by atoms with Crippen LogP contribution in [0.15, 0.2) is 30.5 Å². The summed E-state index contributed by atoms with van der Waals surface area (Å²) in [6, 6.07) is 9.59. The van der Waals surface area contributed by atoms with Gasteiger partial charge in [0.15, 0.2) is 0 Å². The highest BCUT2D eigenvalue weighted by Crippen LogP contribution is 2.18. The number of aromatic nitrogens is 1. The van der Waals surface area contributed by atoms with E-state index in [0.717, 1.165) is 13.1 Å². The molecule has 0 aliphatic rings. The molecule has 1 N–H and O–H groups in total.